The van der Waals surface area contributed by atoms with Crippen LogP contribution < -0.4 is 10.2 Å². The lowest BCUT2D eigenvalue weighted by molar-refractivity contribution is -0.128. The number of fused-ring (bicyclic) bond motifs is 1. The van der Waals surface area contributed by atoms with Gasteiger partial charge in [0.1, 0.15) is 5.82 Å². The number of hydrogen-bond donors (Lipinski definition) is 1. The van der Waals surface area contributed by atoms with Crippen molar-refractivity contribution in [2.45, 2.75) is 63.9 Å². The van der Waals surface area contributed by atoms with Crippen LogP contribution in [-0.2, 0) is 11.3 Å². The highest BCUT2D eigenvalue weighted by Crippen LogP contribution is 2.30. The van der Waals surface area contributed by atoms with Crippen LogP contribution in [0, 0.1) is 5.41 Å². The van der Waals surface area contributed by atoms with Crippen LogP contribution in [0.1, 0.15) is 47.0 Å². The van der Waals surface area contributed by atoms with Crippen molar-refractivity contribution in [3.05, 3.63) is 6.20 Å². The van der Waals surface area contributed by atoms with Crippen LogP contribution in [0.5, 0.6) is 0 Å². The number of carbonyl (C=O) groups is 1. The third kappa shape index (κ3) is 5.34. The quantitative estimate of drug-likeness (QED) is 0.384. The topological polar surface area (TPSA) is 75.9 Å². The molecule has 1 amide bonds. The van der Waals surface area contributed by atoms with Gasteiger partial charge in [-0.3, -0.25) is 4.79 Å². The number of hydrogen-bond acceptors (Lipinski definition) is 6. The van der Waals surface area contributed by atoms with Crippen molar-refractivity contribution in [3.63, 3.8) is 0 Å². The molecule has 0 spiro atoms. The van der Waals surface area contributed by atoms with Crippen LogP contribution in [0.4, 0.5) is 5.82 Å². The molecule has 1 fully saturated rings. The number of amides is 1. The van der Waals surface area contributed by atoms with Gasteiger partial charge in [0.25, 0.3) is 0 Å². The van der Waals surface area contributed by atoms with E-state index in [-0.39, 0.29) is 11.8 Å². The van der Waals surface area contributed by atoms with E-state index in [1.54, 1.807) is 11.8 Å². The molecule has 0 atom stereocenters. The van der Waals surface area contributed by atoms with Crippen molar-refractivity contribution in [2.75, 3.05) is 30.4 Å². The molecule has 3 rings (SSSR count). The van der Waals surface area contributed by atoms with Crippen LogP contribution in [-0.4, -0.2) is 56.4 Å². The summed E-state index contributed by atoms with van der Waals surface area (Å²) in [4.78, 5) is 24.3. The molecule has 1 aliphatic rings. The highest BCUT2D eigenvalue weighted by molar-refractivity contribution is 7.99. The fraction of sp³-hybridized carbons (Fsp3) is 0.700. The van der Waals surface area contributed by atoms with Crippen LogP contribution in [0.15, 0.2) is 11.4 Å². The minimum atomic E-state index is -0.585. The summed E-state index contributed by atoms with van der Waals surface area (Å²) >= 11 is 7.56. The Labute approximate surface area is 182 Å². The molecule has 1 aliphatic heterocycles. The zero-order valence-electron chi connectivity index (χ0n) is 17.7. The zero-order valence-corrected chi connectivity index (χ0v) is 19.3. The number of nitrogens with one attached hydrogen (secondary N) is 1. The molecule has 2 aromatic heterocycles. The maximum Gasteiger partial charge on any atom is 0.226 e. The van der Waals surface area contributed by atoms with Gasteiger partial charge in [-0.25, -0.2) is 14.6 Å². The number of halogens is 1. The monoisotopic (exact) mass is 438 g/mol. The number of rotatable bonds is 8. The van der Waals surface area contributed by atoms with E-state index in [0.29, 0.717) is 18.3 Å². The van der Waals surface area contributed by atoms with Crippen molar-refractivity contribution in [3.8, 4) is 0 Å². The summed E-state index contributed by atoms with van der Waals surface area (Å²) in [7, 11) is 0. The largest absolute Gasteiger partial charge is 0.356 e. The van der Waals surface area contributed by atoms with Crippen molar-refractivity contribution < 1.29 is 4.79 Å². The molecular weight excluding hydrogens is 408 g/mol. The summed E-state index contributed by atoms with van der Waals surface area (Å²) in [5, 5.41) is 9.67. The Morgan fingerprint density at radius 2 is 2.00 bits per heavy atom. The lowest BCUT2D eigenvalue weighted by Crippen LogP contribution is -2.39. The molecule has 9 heteroatoms. The van der Waals surface area contributed by atoms with E-state index in [1.165, 1.54) is 19.3 Å². The predicted octanol–water partition coefficient (Wildman–Crippen LogP) is 3.70. The molecule has 1 N–H and O–H groups in total. The number of anilines is 1. The van der Waals surface area contributed by atoms with Crippen LogP contribution >= 0.6 is 23.4 Å². The third-order valence-electron chi connectivity index (χ3n) is 5.01. The van der Waals surface area contributed by atoms with Gasteiger partial charge < -0.3 is 10.2 Å². The van der Waals surface area contributed by atoms with Gasteiger partial charge in [0, 0.05) is 30.8 Å². The van der Waals surface area contributed by atoms with Crippen LogP contribution in [0.3, 0.4) is 0 Å². The smallest absolute Gasteiger partial charge is 0.226 e. The third-order valence-corrected chi connectivity index (χ3v) is 6.54. The molecule has 2 aromatic rings. The van der Waals surface area contributed by atoms with Gasteiger partial charge in [0.2, 0.25) is 5.91 Å². The molecule has 0 saturated carbocycles. The van der Waals surface area contributed by atoms with Gasteiger partial charge in [-0.05, 0) is 33.1 Å². The fourth-order valence-electron chi connectivity index (χ4n) is 3.27. The Bertz CT molecular complexity index is 847. The molecule has 0 aromatic carbocycles. The average Bonchev–Trinajstić information content (AvgIpc) is 3.10. The summed E-state index contributed by atoms with van der Waals surface area (Å²) in [5.74, 6) is 1.21. The number of carbonyl (C=O) groups excluding carboxylic acids is 1. The molecular formula is C20H31ClN6OS. The standard InChI is InChI=1S/C20H31ClN6OS/c1-14(2)29-19-24-16(26-9-6-5-7-10-26)15-12-23-27(17(15)25-19)11-8-22-18(28)20(3,4)13-21/h12,14H,5-11,13H2,1-4H3,(H,22,28). The summed E-state index contributed by atoms with van der Waals surface area (Å²) in [6.45, 7) is 11.0. The minimum absolute atomic E-state index is 0.0522. The molecule has 0 unspecified atom stereocenters. The summed E-state index contributed by atoms with van der Waals surface area (Å²) in [6.07, 6.45) is 5.51. The average molecular weight is 439 g/mol. The van der Waals surface area contributed by atoms with Gasteiger partial charge in [-0.1, -0.05) is 25.6 Å². The number of nitrogens with zero attached hydrogens (tertiary/aromatic N) is 5. The Morgan fingerprint density at radius 3 is 2.66 bits per heavy atom. The Kier molecular flexibility index (Phi) is 7.27. The lowest BCUT2D eigenvalue weighted by Gasteiger charge is -2.28. The summed E-state index contributed by atoms with van der Waals surface area (Å²) in [6, 6.07) is 0. The van der Waals surface area contributed by atoms with Crippen molar-refractivity contribution in [1.82, 2.24) is 25.1 Å². The van der Waals surface area contributed by atoms with E-state index in [1.807, 2.05) is 24.7 Å². The van der Waals surface area contributed by atoms with Gasteiger partial charge in [0.05, 0.1) is 23.5 Å². The Morgan fingerprint density at radius 1 is 1.28 bits per heavy atom. The molecule has 1 saturated heterocycles. The summed E-state index contributed by atoms with van der Waals surface area (Å²) in [5.41, 5.74) is 0.243. The lowest BCUT2D eigenvalue weighted by atomic mass is 9.95. The highest BCUT2D eigenvalue weighted by Gasteiger charge is 2.26. The summed E-state index contributed by atoms with van der Waals surface area (Å²) < 4.78 is 1.86. The van der Waals surface area contributed by atoms with E-state index in [9.17, 15) is 4.79 Å². The number of alkyl halides is 1. The first-order valence-electron chi connectivity index (χ1n) is 10.3. The van der Waals surface area contributed by atoms with E-state index in [0.717, 1.165) is 35.1 Å². The second-order valence-corrected chi connectivity index (χ2v) is 10.2. The van der Waals surface area contributed by atoms with Crippen molar-refractivity contribution in [1.29, 1.82) is 0 Å². The maximum absolute atomic E-state index is 12.3. The predicted molar refractivity (Wildman–Crippen MR) is 120 cm³/mol. The maximum atomic E-state index is 12.3. The molecule has 29 heavy (non-hydrogen) atoms. The first-order chi connectivity index (χ1) is 13.8. The number of thioether (sulfide) groups is 1. The number of aromatic nitrogens is 4. The molecule has 0 aliphatic carbocycles. The molecule has 0 radical (unpaired) electrons. The highest BCUT2D eigenvalue weighted by atomic mass is 35.5. The zero-order chi connectivity index (χ0) is 21.0. The minimum Gasteiger partial charge on any atom is -0.356 e. The van der Waals surface area contributed by atoms with E-state index in [4.69, 9.17) is 21.6 Å². The van der Waals surface area contributed by atoms with E-state index in [2.05, 4.69) is 29.2 Å². The SMILES string of the molecule is CC(C)Sc1nc(N2CCCCC2)c2cnn(CCNC(=O)C(C)(C)CCl)c2n1. The molecule has 0 bridgehead atoms. The van der Waals surface area contributed by atoms with Crippen LogP contribution in [0.25, 0.3) is 11.0 Å². The van der Waals surface area contributed by atoms with Crippen LogP contribution in [0.2, 0.25) is 0 Å². The Balaban J connectivity index is 1.84. The first-order valence-corrected chi connectivity index (χ1v) is 11.7. The second kappa shape index (κ2) is 9.51. The van der Waals surface area contributed by atoms with Crippen molar-refractivity contribution in [2.24, 2.45) is 5.41 Å². The fourth-order valence-corrected chi connectivity index (χ4v) is 4.09. The van der Waals surface area contributed by atoms with Gasteiger partial charge in [-0.15, -0.1) is 11.6 Å². The van der Waals surface area contributed by atoms with Gasteiger partial charge >= 0.3 is 0 Å². The molecule has 3 heterocycles. The normalized spacial score (nSPS) is 15.3. The Hall–Kier alpha value is -1.54. The van der Waals surface area contributed by atoms with E-state index < -0.39 is 5.41 Å². The molecule has 7 nitrogen and oxygen atoms in total. The number of piperidine rings is 1. The first kappa shape index (κ1) is 22.2. The van der Waals surface area contributed by atoms with Gasteiger partial charge in [-0.2, -0.15) is 5.10 Å². The molecule has 160 valence electrons. The van der Waals surface area contributed by atoms with E-state index >= 15 is 0 Å². The van der Waals surface area contributed by atoms with Crippen molar-refractivity contribution >= 4 is 46.1 Å². The van der Waals surface area contributed by atoms with Gasteiger partial charge in [0.15, 0.2) is 10.8 Å². The second-order valence-electron chi connectivity index (χ2n) is 8.42.